The molecule has 0 radical (unpaired) electrons. The molecule has 0 unspecified atom stereocenters. The summed E-state index contributed by atoms with van der Waals surface area (Å²) in [7, 11) is 0. The molecule has 1 aromatic heterocycles. The molecule has 3 aromatic rings. The zero-order chi connectivity index (χ0) is 16.2. The smallest absolute Gasteiger partial charge is 0.244 e. The fraction of sp³-hybridized carbons (Fsp3) is 0.167. The fourth-order valence-corrected chi connectivity index (χ4v) is 2.70. The summed E-state index contributed by atoms with van der Waals surface area (Å²) >= 11 is 6.02. The van der Waals surface area contributed by atoms with Crippen molar-refractivity contribution in [1.29, 1.82) is 0 Å². The number of aromatic nitrogens is 1. The Bertz CT molecular complexity index is 825. The molecule has 0 atom stereocenters. The molecule has 0 spiro atoms. The van der Waals surface area contributed by atoms with Crippen LogP contribution in [-0.4, -0.2) is 22.2 Å². The molecule has 0 aliphatic heterocycles. The first-order chi connectivity index (χ1) is 11.2. The summed E-state index contributed by atoms with van der Waals surface area (Å²) in [6.45, 7) is 0.344. The molecule has 0 fully saturated rings. The monoisotopic (exact) mass is 328 g/mol. The van der Waals surface area contributed by atoms with Crippen LogP contribution in [0.2, 0.25) is 5.02 Å². The standard InChI is InChI=1S/C18H17ClN2O2/c19-15-4-3-14-7-9-21(17(14)11-15)12-18(23)20-16-5-1-13(2-6-16)8-10-22/h1-7,9,11,22H,8,10,12H2,(H,20,23). The minimum Gasteiger partial charge on any atom is -0.396 e. The summed E-state index contributed by atoms with van der Waals surface area (Å²) in [6.07, 6.45) is 2.50. The molecule has 0 aliphatic rings. The number of halogens is 1. The second kappa shape index (κ2) is 6.86. The van der Waals surface area contributed by atoms with Crippen LogP contribution in [0.4, 0.5) is 5.69 Å². The quantitative estimate of drug-likeness (QED) is 0.753. The van der Waals surface area contributed by atoms with Crippen molar-refractivity contribution in [3.05, 3.63) is 65.3 Å². The predicted octanol–water partition coefficient (Wildman–Crippen LogP) is 3.47. The topological polar surface area (TPSA) is 54.3 Å². The molecule has 23 heavy (non-hydrogen) atoms. The number of carbonyl (C=O) groups excluding carboxylic acids is 1. The van der Waals surface area contributed by atoms with Crippen LogP contribution in [0, 0.1) is 0 Å². The first kappa shape index (κ1) is 15.6. The summed E-state index contributed by atoms with van der Waals surface area (Å²) in [5, 5.41) is 13.5. The Hall–Kier alpha value is -2.30. The van der Waals surface area contributed by atoms with Gasteiger partial charge in [-0.1, -0.05) is 29.8 Å². The van der Waals surface area contributed by atoms with E-state index in [9.17, 15) is 4.79 Å². The third-order valence-electron chi connectivity index (χ3n) is 3.69. The fourth-order valence-electron chi connectivity index (χ4n) is 2.53. The zero-order valence-electron chi connectivity index (χ0n) is 12.5. The Kier molecular flexibility index (Phi) is 4.65. The van der Waals surface area contributed by atoms with Crippen molar-refractivity contribution >= 4 is 34.1 Å². The largest absolute Gasteiger partial charge is 0.396 e. The summed E-state index contributed by atoms with van der Waals surface area (Å²) < 4.78 is 1.87. The second-order valence-corrected chi connectivity index (χ2v) is 5.80. The number of benzene rings is 2. The highest BCUT2D eigenvalue weighted by atomic mass is 35.5. The zero-order valence-corrected chi connectivity index (χ0v) is 13.3. The van der Waals surface area contributed by atoms with Crippen molar-refractivity contribution in [2.24, 2.45) is 0 Å². The Morgan fingerprint density at radius 2 is 1.91 bits per heavy atom. The van der Waals surface area contributed by atoms with Gasteiger partial charge in [0.15, 0.2) is 0 Å². The highest BCUT2D eigenvalue weighted by Gasteiger charge is 2.07. The van der Waals surface area contributed by atoms with Crippen molar-refractivity contribution < 1.29 is 9.90 Å². The summed E-state index contributed by atoms with van der Waals surface area (Å²) in [5.41, 5.74) is 2.72. The highest BCUT2D eigenvalue weighted by molar-refractivity contribution is 6.31. The van der Waals surface area contributed by atoms with Gasteiger partial charge in [0.1, 0.15) is 6.54 Å². The Morgan fingerprint density at radius 3 is 2.65 bits per heavy atom. The van der Waals surface area contributed by atoms with E-state index in [2.05, 4.69) is 5.32 Å². The van der Waals surface area contributed by atoms with Crippen LogP contribution in [-0.2, 0) is 17.8 Å². The van der Waals surface area contributed by atoms with Gasteiger partial charge in [0, 0.05) is 29.0 Å². The van der Waals surface area contributed by atoms with Crippen LogP contribution in [0.5, 0.6) is 0 Å². The summed E-state index contributed by atoms with van der Waals surface area (Å²) in [6, 6.07) is 15.1. The molecule has 3 rings (SSSR count). The van der Waals surface area contributed by atoms with Crippen molar-refractivity contribution in [2.75, 3.05) is 11.9 Å². The first-order valence-corrected chi connectivity index (χ1v) is 7.77. The van der Waals surface area contributed by atoms with Crippen molar-refractivity contribution in [2.45, 2.75) is 13.0 Å². The van der Waals surface area contributed by atoms with E-state index in [0.29, 0.717) is 11.4 Å². The van der Waals surface area contributed by atoms with Gasteiger partial charge in [0.25, 0.3) is 0 Å². The third-order valence-corrected chi connectivity index (χ3v) is 3.92. The second-order valence-electron chi connectivity index (χ2n) is 5.37. The summed E-state index contributed by atoms with van der Waals surface area (Å²) in [5.74, 6) is -0.0996. The number of hydrogen-bond acceptors (Lipinski definition) is 2. The van der Waals surface area contributed by atoms with Gasteiger partial charge in [-0.2, -0.15) is 0 Å². The molecule has 2 N–H and O–H groups in total. The van der Waals surface area contributed by atoms with E-state index < -0.39 is 0 Å². The third kappa shape index (κ3) is 3.73. The summed E-state index contributed by atoms with van der Waals surface area (Å²) in [4.78, 5) is 12.2. The lowest BCUT2D eigenvalue weighted by atomic mass is 10.1. The minimum atomic E-state index is -0.0996. The SMILES string of the molecule is O=C(Cn1ccc2ccc(Cl)cc21)Nc1ccc(CCO)cc1. The lowest BCUT2D eigenvalue weighted by molar-refractivity contribution is -0.116. The number of aliphatic hydroxyl groups excluding tert-OH is 1. The molecule has 0 saturated heterocycles. The molecule has 2 aromatic carbocycles. The average molecular weight is 329 g/mol. The molecular weight excluding hydrogens is 312 g/mol. The van der Waals surface area contributed by atoms with Gasteiger partial charge in [0.2, 0.25) is 5.91 Å². The Labute approximate surface area is 139 Å². The van der Waals surface area contributed by atoms with E-state index in [4.69, 9.17) is 16.7 Å². The number of hydrogen-bond donors (Lipinski definition) is 2. The van der Waals surface area contributed by atoms with Crippen LogP contribution in [0.25, 0.3) is 10.9 Å². The van der Waals surface area contributed by atoms with Gasteiger partial charge in [-0.25, -0.2) is 0 Å². The average Bonchev–Trinajstić information content (AvgIpc) is 2.92. The lowest BCUT2D eigenvalue weighted by Crippen LogP contribution is -2.18. The maximum Gasteiger partial charge on any atom is 0.244 e. The molecule has 1 heterocycles. The van der Waals surface area contributed by atoms with Gasteiger partial charge in [-0.15, -0.1) is 0 Å². The van der Waals surface area contributed by atoms with Crippen LogP contribution in [0.1, 0.15) is 5.56 Å². The maximum atomic E-state index is 12.2. The van der Waals surface area contributed by atoms with E-state index in [1.54, 1.807) is 0 Å². The number of fused-ring (bicyclic) bond motifs is 1. The molecule has 0 bridgehead atoms. The van der Waals surface area contributed by atoms with Crippen LogP contribution >= 0.6 is 11.6 Å². The molecule has 0 aliphatic carbocycles. The van der Waals surface area contributed by atoms with Crippen molar-refractivity contribution in [1.82, 2.24) is 4.57 Å². The number of aliphatic hydroxyl groups is 1. The Morgan fingerprint density at radius 1 is 1.13 bits per heavy atom. The van der Waals surface area contributed by atoms with Gasteiger partial charge in [-0.3, -0.25) is 4.79 Å². The lowest BCUT2D eigenvalue weighted by Gasteiger charge is -2.08. The van der Waals surface area contributed by atoms with Crippen molar-refractivity contribution in [3.8, 4) is 0 Å². The number of carbonyl (C=O) groups is 1. The highest BCUT2D eigenvalue weighted by Crippen LogP contribution is 2.20. The molecule has 4 nitrogen and oxygen atoms in total. The molecule has 5 heteroatoms. The van der Waals surface area contributed by atoms with Crippen LogP contribution < -0.4 is 5.32 Å². The molecular formula is C18H17ClN2O2. The number of nitrogens with zero attached hydrogens (tertiary/aromatic N) is 1. The first-order valence-electron chi connectivity index (χ1n) is 7.40. The number of nitrogens with one attached hydrogen (secondary N) is 1. The van der Waals surface area contributed by atoms with Gasteiger partial charge in [-0.05, 0) is 47.7 Å². The van der Waals surface area contributed by atoms with E-state index in [0.717, 1.165) is 22.2 Å². The van der Waals surface area contributed by atoms with Crippen LogP contribution in [0.15, 0.2) is 54.7 Å². The number of anilines is 1. The number of amides is 1. The van der Waals surface area contributed by atoms with Gasteiger partial charge >= 0.3 is 0 Å². The Balaban J connectivity index is 1.69. The van der Waals surface area contributed by atoms with E-state index in [1.165, 1.54) is 0 Å². The molecule has 0 saturated carbocycles. The van der Waals surface area contributed by atoms with Crippen molar-refractivity contribution in [3.63, 3.8) is 0 Å². The number of rotatable bonds is 5. The predicted molar refractivity (Wildman–Crippen MR) is 92.8 cm³/mol. The van der Waals surface area contributed by atoms with Gasteiger partial charge < -0.3 is 15.0 Å². The van der Waals surface area contributed by atoms with Gasteiger partial charge in [0.05, 0.1) is 0 Å². The minimum absolute atomic E-state index is 0.0996. The van der Waals surface area contributed by atoms with E-state index in [1.807, 2.05) is 59.3 Å². The molecule has 1 amide bonds. The van der Waals surface area contributed by atoms with Crippen LogP contribution in [0.3, 0.4) is 0 Å². The normalized spacial score (nSPS) is 10.9. The maximum absolute atomic E-state index is 12.2. The molecule has 118 valence electrons. The van der Waals surface area contributed by atoms with E-state index >= 15 is 0 Å². The van der Waals surface area contributed by atoms with E-state index in [-0.39, 0.29) is 19.1 Å².